The molecule has 17 heavy (non-hydrogen) atoms. The summed E-state index contributed by atoms with van der Waals surface area (Å²) in [6.07, 6.45) is 0. The van der Waals surface area contributed by atoms with Crippen molar-refractivity contribution in [2.75, 3.05) is 11.9 Å². The number of nitrogens with zero attached hydrogens (tertiary/aromatic N) is 1. The van der Waals surface area contributed by atoms with Gasteiger partial charge in [0.05, 0.1) is 12.3 Å². The summed E-state index contributed by atoms with van der Waals surface area (Å²) in [5.41, 5.74) is 0.355. The predicted octanol–water partition coefficient (Wildman–Crippen LogP) is 1.90. The van der Waals surface area contributed by atoms with Crippen LogP contribution < -0.4 is 5.32 Å². The van der Waals surface area contributed by atoms with Gasteiger partial charge in [-0.2, -0.15) is 0 Å². The molecule has 8 heteroatoms. The van der Waals surface area contributed by atoms with Crippen molar-refractivity contribution in [2.24, 2.45) is 0 Å². The maximum Gasteiger partial charge on any atom is 0.345 e. The molecule has 1 N–H and O–H groups in total. The van der Waals surface area contributed by atoms with E-state index >= 15 is 0 Å². The highest BCUT2D eigenvalue weighted by atomic mass is 35.5. The van der Waals surface area contributed by atoms with Crippen LogP contribution >= 0.6 is 23.2 Å². The Bertz CT molecular complexity index is 431. The Morgan fingerprint density at radius 2 is 2.18 bits per heavy atom. The molecule has 0 aliphatic carbocycles. The van der Waals surface area contributed by atoms with Gasteiger partial charge in [-0.25, -0.2) is 4.79 Å². The number of carbonyl (C=O) groups is 2. The summed E-state index contributed by atoms with van der Waals surface area (Å²) in [6, 6.07) is 0. The van der Waals surface area contributed by atoms with Gasteiger partial charge in [-0.1, -0.05) is 28.4 Å². The lowest BCUT2D eigenvalue weighted by Gasteiger charge is -2.04. The third-order valence-corrected chi connectivity index (χ3v) is 2.17. The fourth-order valence-corrected chi connectivity index (χ4v) is 1.17. The molecule has 1 aromatic heterocycles. The monoisotopic (exact) mass is 280 g/mol. The van der Waals surface area contributed by atoms with E-state index in [0.717, 1.165) is 0 Å². The van der Waals surface area contributed by atoms with Crippen molar-refractivity contribution >= 4 is 41.0 Å². The van der Waals surface area contributed by atoms with Gasteiger partial charge in [0.2, 0.25) is 5.88 Å². The minimum absolute atomic E-state index is 0.0502. The second kappa shape index (κ2) is 5.88. The molecular formula is C9H10Cl2N2O4. The molecule has 1 aromatic rings. The van der Waals surface area contributed by atoms with Crippen LogP contribution in [0.1, 0.15) is 23.0 Å². The summed E-state index contributed by atoms with van der Waals surface area (Å²) in [5, 5.41) is 5.79. The third-order valence-electron chi connectivity index (χ3n) is 1.78. The minimum atomic E-state index is -1.27. The SMILES string of the molecule is CCOC(=O)c1c(C)noc1NC(=O)C(Cl)Cl. The van der Waals surface area contributed by atoms with E-state index in [1.54, 1.807) is 13.8 Å². The van der Waals surface area contributed by atoms with Crippen molar-refractivity contribution in [3.63, 3.8) is 0 Å². The lowest BCUT2D eigenvalue weighted by atomic mass is 10.2. The van der Waals surface area contributed by atoms with Gasteiger partial charge < -0.3 is 9.26 Å². The molecular weight excluding hydrogens is 271 g/mol. The second-order valence-corrected chi connectivity index (χ2v) is 4.08. The maximum atomic E-state index is 11.6. The van der Waals surface area contributed by atoms with Crippen LogP contribution in [-0.2, 0) is 9.53 Å². The normalized spacial score (nSPS) is 10.4. The van der Waals surface area contributed by atoms with E-state index in [1.807, 2.05) is 0 Å². The molecule has 0 aliphatic heterocycles. The summed E-state index contributed by atoms with van der Waals surface area (Å²) in [7, 11) is 0. The molecule has 0 bridgehead atoms. The number of hydrogen-bond acceptors (Lipinski definition) is 5. The average molecular weight is 281 g/mol. The molecule has 94 valence electrons. The van der Waals surface area contributed by atoms with Gasteiger partial charge in [0.1, 0.15) is 5.56 Å². The first kappa shape index (κ1) is 13.8. The Hall–Kier alpha value is -1.27. The molecule has 0 aliphatic rings. The van der Waals surface area contributed by atoms with Gasteiger partial charge in [0, 0.05) is 0 Å². The van der Waals surface area contributed by atoms with Gasteiger partial charge >= 0.3 is 5.97 Å². The molecule has 1 amide bonds. The summed E-state index contributed by atoms with van der Waals surface area (Å²) in [5.74, 6) is -1.48. The highest BCUT2D eigenvalue weighted by Gasteiger charge is 2.24. The van der Waals surface area contributed by atoms with Crippen LogP contribution in [0.5, 0.6) is 0 Å². The number of carbonyl (C=O) groups excluding carboxylic acids is 2. The number of anilines is 1. The van der Waals surface area contributed by atoms with Crippen LogP contribution in [0.3, 0.4) is 0 Å². The van der Waals surface area contributed by atoms with Gasteiger partial charge in [-0.05, 0) is 13.8 Å². The van der Waals surface area contributed by atoms with Gasteiger partial charge in [0.15, 0.2) is 4.84 Å². The zero-order chi connectivity index (χ0) is 13.0. The topological polar surface area (TPSA) is 81.4 Å². The van der Waals surface area contributed by atoms with Gasteiger partial charge in [-0.15, -0.1) is 0 Å². The van der Waals surface area contributed by atoms with Crippen molar-refractivity contribution in [1.82, 2.24) is 5.16 Å². The first-order valence-corrected chi connectivity index (χ1v) is 5.57. The second-order valence-electron chi connectivity index (χ2n) is 2.98. The Morgan fingerprint density at radius 3 is 2.71 bits per heavy atom. The van der Waals surface area contributed by atoms with E-state index in [2.05, 4.69) is 10.5 Å². The summed E-state index contributed by atoms with van der Waals surface area (Å²) >= 11 is 10.7. The number of amides is 1. The van der Waals surface area contributed by atoms with Gasteiger partial charge in [-0.3, -0.25) is 10.1 Å². The van der Waals surface area contributed by atoms with Crippen molar-refractivity contribution in [1.29, 1.82) is 0 Å². The van der Waals surface area contributed by atoms with E-state index < -0.39 is 16.7 Å². The third kappa shape index (κ3) is 3.34. The van der Waals surface area contributed by atoms with Crippen LogP contribution in [0, 0.1) is 6.92 Å². The molecule has 1 heterocycles. The number of aromatic nitrogens is 1. The maximum absolute atomic E-state index is 11.6. The van der Waals surface area contributed by atoms with E-state index in [1.165, 1.54) is 0 Å². The molecule has 1 rings (SSSR count). The molecule has 0 spiro atoms. The first-order valence-electron chi connectivity index (χ1n) is 4.69. The molecule has 0 unspecified atom stereocenters. The van der Waals surface area contributed by atoms with Crippen molar-refractivity contribution in [2.45, 2.75) is 18.7 Å². The number of nitrogens with one attached hydrogen (secondary N) is 1. The van der Waals surface area contributed by atoms with Crippen LogP contribution in [-0.4, -0.2) is 28.5 Å². The lowest BCUT2D eigenvalue weighted by Crippen LogP contribution is -2.20. The van der Waals surface area contributed by atoms with Crippen LogP contribution in [0.4, 0.5) is 5.88 Å². The number of halogens is 2. The fraction of sp³-hybridized carbons (Fsp3) is 0.444. The fourth-order valence-electron chi connectivity index (χ4n) is 1.07. The number of esters is 1. The standard InChI is InChI=1S/C9H10Cl2N2O4/c1-3-16-9(15)5-4(2)13-17-8(5)12-7(14)6(10)11/h6H,3H2,1-2H3,(H,12,14). The Kier molecular flexibility index (Phi) is 4.77. The van der Waals surface area contributed by atoms with E-state index in [0.29, 0.717) is 5.69 Å². The van der Waals surface area contributed by atoms with E-state index in [-0.39, 0.29) is 18.1 Å². The molecule has 0 saturated heterocycles. The summed E-state index contributed by atoms with van der Waals surface area (Å²) < 4.78 is 9.58. The summed E-state index contributed by atoms with van der Waals surface area (Å²) in [4.78, 5) is 21.5. The van der Waals surface area contributed by atoms with E-state index in [9.17, 15) is 9.59 Å². The Morgan fingerprint density at radius 1 is 1.53 bits per heavy atom. The quantitative estimate of drug-likeness (QED) is 0.673. The molecule has 6 nitrogen and oxygen atoms in total. The zero-order valence-corrected chi connectivity index (χ0v) is 10.6. The highest BCUT2D eigenvalue weighted by Crippen LogP contribution is 2.21. The first-order chi connectivity index (χ1) is 7.97. The van der Waals surface area contributed by atoms with Crippen molar-refractivity contribution in [3.05, 3.63) is 11.3 Å². The van der Waals surface area contributed by atoms with Crippen LogP contribution in [0.15, 0.2) is 4.52 Å². The van der Waals surface area contributed by atoms with Crippen molar-refractivity contribution in [3.8, 4) is 0 Å². The van der Waals surface area contributed by atoms with E-state index in [4.69, 9.17) is 32.5 Å². The van der Waals surface area contributed by atoms with Gasteiger partial charge in [0.25, 0.3) is 5.91 Å². The minimum Gasteiger partial charge on any atom is -0.462 e. The molecule has 0 fully saturated rings. The Labute approximate surface area is 107 Å². The number of aryl methyl sites for hydroxylation is 1. The predicted molar refractivity (Wildman–Crippen MR) is 61.3 cm³/mol. The molecule has 0 saturated carbocycles. The van der Waals surface area contributed by atoms with Crippen LogP contribution in [0.25, 0.3) is 0 Å². The number of ether oxygens (including phenoxy) is 1. The number of hydrogen-bond donors (Lipinski definition) is 1. The molecule has 0 radical (unpaired) electrons. The number of alkyl halides is 2. The highest BCUT2D eigenvalue weighted by molar-refractivity contribution is 6.54. The number of rotatable bonds is 4. The largest absolute Gasteiger partial charge is 0.462 e. The van der Waals surface area contributed by atoms with Crippen molar-refractivity contribution < 1.29 is 18.8 Å². The lowest BCUT2D eigenvalue weighted by molar-refractivity contribution is -0.114. The van der Waals surface area contributed by atoms with Crippen LogP contribution in [0.2, 0.25) is 0 Å². The molecule has 0 atom stereocenters. The Balaban J connectivity index is 2.94. The molecule has 0 aromatic carbocycles. The average Bonchev–Trinajstić information content (AvgIpc) is 2.60. The summed E-state index contributed by atoms with van der Waals surface area (Å²) in [6.45, 7) is 3.40. The smallest absolute Gasteiger partial charge is 0.345 e. The zero-order valence-electron chi connectivity index (χ0n) is 9.12.